The summed E-state index contributed by atoms with van der Waals surface area (Å²) >= 11 is 3.13. The molecule has 1 aromatic carbocycles. The smallest absolute Gasteiger partial charge is 0.232 e. The normalized spacial score (nSPS) is 16.0. The molecule has 1 saturated heterocycles. The average Bonchev–Trinajstić information content (AvgIpc) is 3.46. The van der Waals surface area contributed by atoms with E-state index < -0.39 is 6.10 Å². The number of likely N-dealkylation sites (tertiary alicyclic amines) is 1. The van der Waals surface area contributed by atoms with E-state index in [1.165, 1.54) is 23.9 Å². The maximum absolute atomic E-state index is 13.1. The summed E-state index contributed by atoms with van der Waals surface area (Å²) in [6.07, 6.45) is 0.854. The SMILES string of the molecule is O=C(CSCc1cc(-c2cccs2)on1)N1CCC(C(O)c2ccc(F)cc2)CC1. The molecule has 2 aromatic heterocycles. The van der Waals surface area contributed by atoms with Crippen molar-refractivity contribution < 1.29 is 18.8 Å². The second-order valence-electron chi connectivity index (χ2n) is 7.37. The Balaban J connectivity index is 1.20. The van der Waals surface area contributed by atoms with Crippen molar-refractivity contribution in [1.29, 1.82) is 0 Å². The third-order valence-electron chi connectivity index (χ3n) is 5.35. The zero-order chi connectivity index (χ0) is 20.9. The maximum Gasteiger partial charge on any atom is 0.232 e. The van der Waals surface area contributed by atoms with Crippen LogP contribution in [0.5, 0.6) is 0 Å². The molecule has 3 heterocycles. The Bertz CT molecular complexity index is 951. The number of aromatic nitrogens is 1. The fourth-order valence-corrected chi connectivity index (χ4v) is 5.12. The van der Waals surface area contributed by atoms with Gasteiger partial charge in [0.1, 0.15) is 5.82 Å². The number of carbonyl (C=O) groups is 1. The number of benzene rings is 1. The predicted molar refractivity (Wildman–Crippen MR) is 117 cm³/mol. The monoisotopic (exact) mass is 446 g/mol. The topological polar surface area (TPSA) is 66.6 Å². The van der Waals surface area contributed by atoms with E-state index in [1.807, 2.05) is 28.5 Å². The Hall–Kier alpha value is -2.16. The van der Waals surface area contributed by atoms with Crippen molar-refractivity contribution in [2.45, 2.75) is 24.7 Å². The van der Waals surface area contributed by atoms with Crippen LogP contribution in [-0.4, -0.2) is 39.9 Å². The summed E-state index contributed by atoms with van der Waals surface area (Å²) in [5.41, 5.74) is 1.56. The number of rotatable bonds is 7. The Morgan fingerprint density at radius 3 is 2.77 bits per heavy atom. The number of hydrogen-bond donors (Lipinski definition) is 1. The molecule has 1 aliphatic rings. The molecule has 3 aromatic rings. The number of hydrogen-bond acceptors (Lipinski definition) is 6. The van der Waals surface area contributed by atoms with Crippen LogP contribution in [0.15, 0.2) is 52.4 Å². The van der Waals surface area contributed by atoms with E-state index in [-0.39, 0.29) is 17.6 Å². The van der Waals surface area contributed by atoms with Gasteiger partial charge in [0, 0.05) is 24.9 Å². The van der Waals surface area contributed by atoms with Gasteiger partial charge in [0.15, 0.2) is 5.76 Å². The quantitative estimate of drug-likeness (QED) is 0.567. The van der Waals surface area contributed by atoms with Crippen LogP contribution in [0.4, 0.5) is 4.39 Å². The van der Waals surface area contributed by atoms with Crippen molar-refractivity contribution in [3.8, 4) is 10.6 Å². The number of halogens is 1. The van der Waals surface area contributed by atoms with Gasteiger partial charge in [-0.1, -0.05) is 23.4 Å². The molecule has 1 unspecified atom stereocenters. The van der Waals surface area contributed by atoms with Gasteiger partial charge in [0.2, 0.25) is 5.91 Å². The zero-order valence-electron chi connectivity index (χ0n) is 16.4. The zero-order valence-corrected chi connectivity index (χ0v) is 18.0. The summed E-state index contributed by atoms with van der Waals surface area (Å²) in [6, 6.07) is 11.9. The largest absolute Gasteiger partial charge is 0.388 e. The molecule has 5 nitrogen and oxygen atoms in total. The van der Waals surface area contributed by atoms with E-state index in [0.29, 0.717) is 24.6 Å². The van der Waals surface area contributed by atoms with E-state index >= 15 is 0 Å². The van der Waals surface area contributed by atoms with Crippen molar-refractivity contribution >= 4 is 29.0 Å². The summed E-state index contributed by atoms with van der Waals surface area (Å²) in [5, 5.41) is 16.6. The molecule has 1 aliphatic heterocycles. The number of thiophene rings is 1. The van der Waals surface area contributed by atoms with Gasteiger partial charge in [-0.05, 0) is 47.9 Å². The van der Waals surface area contributed by atoms with Crippen LogP contribution >= 0.6 is 23.1 Å². The lowest BCUT2D eigenvalue weighted by molar-refractivity contribution is -0.130. The molecule has 8 heteroatoms. The van der Waals surface area contributed by atoms with Gasteiger partial charge in [-0.3, -0.25) is 4.79 Å². The minimum absolute atomic E-state index is 0.0815. The van der Waals surface area contributed by atoms with Crippen molar-refractivity contribution in [1.82, 2.24) is 10.1 Å². The Morgan fingerprint density at radius 1 is 1.30 bits per heavy atom. The van der Waals surface area contributed by atoms with E-state index in [1.54, 1.807) is 23.5 Å². The van der Waals surface area contributed by atoms with E-state index in [9.17, 15) is 14.3 Å². The van der Waals surface area contributed by atoms with Crippen molar-refractivity contribution in [3.05, 3.63) is 64.9 Å². The fourth-order valence-electron chi connectivity index (χ4n) is 3.65. The summed E-state index contributed by atoms with van der Waals surface area (Å²) in [6.45, 7) is 1.27. The summed E-state index contributed by atoms with van der Waals surface area (Å²) in [7, 11) is 0. The first kappa shape index (κ1) is 21.1. The molecule has 1 fully saturated rings. The number of carbonyl (C=O) groups excluding carboxylic acids is 1. The molecule has 0 bridgehead atoms. The van der Waals surface area contributed by atoms with Crippen molar-refractivity contribution in [3.63, 3.8) is 0 Å². The fraction of sp³-hybridized carbons (Fsp3) is 0.364. The van der Waals surface area contributed by atoms with Crippen molar-refractivity contribution in [2.75, 3.05) is 18.8 Å². The Kier molecular flexibility index (Phi) is 6.86. The predicted octanol–water partition coefficient (Wildman–Crippen LogP) is 4.75. The highest BCUT2D eigenvalue weighted by Gasteiger charge is 2.28. The number of amides is 1. The van der Waals surface area contributed by atoms with E-state index in [4.69, 9.17) is 4.52 Å². The van der Waals surface area contributed by atoms with Crippen LogP contribution in [0.2, 0.25) is 0 Å². The van der Waals surface area contributed by atoms with Gasteiger partial charge in [0.25, 0.3) is 0 Å². The number of nitrogens with zero attached hydrogens (tertiary/aromatic N) is 2. The number of piperidine rings is 1. The highest BCUT2D eigenvalue weighted by atomic mass is 32.2. The molecule has 1 atom stereocenters. The Morgan fingerprint density at radius 2 is 2.07 bits per heavy atom. The average molecular weight is 447 g/mol. The first-order chi connectivity index (χ1) is 14.6. The molecule has 0 radical (unpaired) electrons. The van der Waals surface area contributed by atoms with E-state index in [2.05, 4.69) is 5.16 Å². The minimum atomic E-state index is -0.623. The number of thioether (sulfide) groups is 1. The minimum Gasteiger partial charge on any atom is -0.388 e. The second-order valence-corrected chi connectivity index (χ2v) is 9.30. The lowest BCUT2D eigenvalue weighted by atomic mass is 9.87. The van der Waals surface area contributed by atoms with Gasteiger partial charge < -0.3 is 14.5 Å². The summed E-state index contributed by atoms with van der Waals surface area (Å²) < 4.78 is 18.4. The second kappa shape index (κ2) is 9.76. The number of aliphatic hydroxyl groups excluding tert-OH is 1. The lowest BCUT2D eigenvalue weighted by Gasteiger charge is -2.34. The van der Waals surface area contributed by atoms with Gasteiger partial charge in [-0.2, -0.15) is 0 Å². The van der Waals surface area contributed by atoms with Crippen LogP contribution < -0.4 is 0 Å². The first-order valence-corrected chi connectivity index (χ1v) is 11.9. The lowest BCUT2D eigenvalue weighted by Crippen LogP contribution is -2.40. The third kappa shape index (κ3) is 5.11. The van der Waals surface area contributed by atoms with Gasteiger partial charge in [0.05, 0.1) is 22.4 Å². The molecule has 0 spiro atoms. The van der Waals surface area contributed by atoms with Crippen LogP contribution in [-0.2, 0) is 10.5 Å². The van der Waals surface area contributed by atoms with Gasteiger partial charge in [-0.15, -0.1) is 23.1 Å². The van der Waals surface area contributed by atoms with Crippen LogP contribution in [0.3, 0.4) is 0 Å². The highest BCUT2D eigenvalue weighted by molar-refractivity contribution is 7.99. The molecule has 1 amide bonds. The Labute approximate surface area is 182 Å². The molecular formula is C22H23FN2O3S2. The molecular weight excluding hydrogens is 423 g/mol. The van der Waals surface area contributed by atoms with Crippen LogP contribution in [0.25, 0.3) is 10.6 Å². The summed E-state index contributed by atoms with van der Waals surface area (Å²) in [4.78, 5) is 15.4. The standard InChI is InChI=1S/C22H23FN2O3S2/c23-17-5-3-15(4-6-17)22(27)16-7-9-25(10-8-16)21(26)14-29-13-18-12-19(28-24-18)20-2-1-11-30-20/h1-6,11-12,16,22,27H,7-10,13-14H2. The van der Waals surface area contributed by atoms with Gasteiger partial charge in [-0.25, -0.2) is 4.39 Å². The first-order valence-electron chi connectivity index (χ1n) is 9.88. The van der Waals surface area contributed by atoms with Crippen molar-refractivity contribution in [2.24, 2.45) is 5.92 Å². The molecule has 0 saturated carbocycles. The van der Waals surface area contributed by atoms with Crippen LogP contribution in [0.1, 0.15) is 30.2 Å². The maximum atomic E-state index is 13.1. The van der Waals surface area contributed by atoms with Crippen LogP contribution in [0, 0.1) is 11.7 Å². The molecule has 158 valence electrons. The molecule has 0 aliphatic carbocycles. The number of aliphatic hydroxyl groups is 1. The van der Waals surface area contributed by atoms with Gasteiger partial charge >= 0.3 is 0 Å². The summed E-state index contributed by atoms with van der Waals surface area (Å²) in [5.74, 6) is 1.66. The molecule has 30 heavy (non-hydrogen) atoms. The third-order valence-corrected chi connectivity index (χ3v) is 7.18. The van der Waals surface area contributed by atoms with E-state index in [0.717, 1.165) is 34.7 Å². The molecule has 4 rings (SSSR count). The molecule has 1 N–H and O–H groups in total. The highest BCUT2D eigenvalue weighted by Crippen LogP contribution is 2.31.